The van der Waals surface area contributed by atoms with Crippen molar-refractivity contribution < 1.29 is 28.6 Å². The number of hydrogen-bond acceptors (Lipinski definition) is 8. The number of furan rings is 1. The van der Waals surface area contributed by atoms with Gasteiger partial charge < -0.3 is 14.0 Å². The third-order valence-corrected chi connectivity index (χ3v) is 4.68. The number of non-ortho nitro benzene ring substituents is 1. The largest absolute Gasteiger partial charge is 0.503 e. The van der Waals surface area contributed by atoms with E-state index in [9.17, 15) is 24.8 Å². The van der Waals surface area contributed by atoms with Crippen molar-refractivity contribution in [2.75, 3.05) is 4.90 Å². The normalized spacial score (nSPS) is 16.4. The van der Waals surface area contributed by atoms with Gasteiger partial charge in [0, 0.05) is 18.2 Å². The molecule has 30 heavy (non-hydrogen) atoms. The highest BCUT2D eigenvalue weighted by Crippen LogP contribution is 2.42. The van der Waals surface area contributed by atoms with E-state index in [-0.39, 0.29) is 28.4 Å². The summed E-state index contributed by atoms with van der Waals surface area (Å²) in [5.74, 6) is -1.53. The summed E-state index contributed by atoms with van der Waals surface area (Å²) >= 11 is 0. The number of benzene rings is 1. The second-order valence-electron chi connectivity index (χ2n) is 6.73. The van der Waals surface area contributed by atoms with Crippen molar-refractivity contribution >= 4 is 23.2 Å². The maximum Gasteiger partial charge on any atom is 0.295 e. The smallest absolute Gasteiger partial charge is 0.295 e. The van der Waals surface area contributed by atoms with Crippen molar-refractivity contribution in [1.82, 2.24) is 5.16 Å². The lowest BCUT2D eigenvalue weighted by molar-refractivity contribution is -0.384. The van der Waals surface area contributed by atoms with Gasteiger partial charge in [-0.15, -0.1) is 0 Å². The number of Topliss-reactive ketones (excluding diaryl/α,β-unsaturated/α-hetero) is 1. The maximum absolute atomic E-state index is 13.1. The van der Waals surface area contributed by atoms with Gasteiger partial charge in [0.15, 0.2) is 17.3 Å². The van der Waals surface area contributed by atoms with Gasteiger partial charge >= 0.3 is 0 Å². The molecule has 0 spiro atoms. The lowest BCUT2D eigenvalue weighted by Crippen LogP contribution is -2.31. The zero-order chi connectivity index (χ0) is 21.6. The standard InChI is InChI=1S/C20H15N3O7/c1-10-6-7-14(29-10)18(24)16-17(12-4-3-5-13(9-12)23(27)28)22(20(26)19(16)25)15-8-11(2)30-21-15/h3-9,17,25H,1-2H3. The van der Waals surface area contributed by atoms with Crippen LogP contribution in [-0.2, 0) is 4.79 Å². The Balaban J connectivity index is 1.90. The minimum atomic E-state index is -1.17. The SMILES string of the molecule is Cc1cc(N2C(=O)C(O)=C(C(=O)c3ccc(C)o3)C2c2cccc([N+](=O)[O-])c2)no1. The van der Waals surface area contributed by atoms with Crippen LogP contribution in [0.15, 0.2) is 62.7 Å². The van der Waals surface area contributed by atoms with Gasteiger partial charge in [-0.25, -0.2) is 0 Å². The van der Waals surface area contributed by atoms with Gasteiger partial charge in [0.25, 0.3) is 11.6 Å². The Labute approximate surface area is 169 Å². The first-order valence-electron chi connectivity index (χ1n) is 8.83. The Morgan fingerprint density at radius 1 is 1.20 bits per heavy atom. The summed E-state index contributed by atoms with van der Waals surface area (Å²) in [5, 5.41) is 25.6. The van der Waals surface area contributed by atoms with Gasteiger partial charge in [-0.3, -0.25) is 24.6 Å². The van der Waals surface area contributed by atoms with Crippen LogP contribution in [0, 0.1) is 24.0 Å². The van der Waals surface area contributed by atoms with E-state index >= 15 is 0 Å². The maximum atomic E-state index is 13.1. The minimum absolute atomic E-state index is 0.0546. The highest BCUT2D eigenvalue weighted by molar-refractivity contribution is 6.20. The van der Waals surface area contributed by atoms with Crippen LogP contribution in [0.25, 0.3) is 0 Å². The number of rotatable bonds is 5. The van der Waals surface area contributed by atoms with Crippen molar-refractivity contribution in [1.29, 1.82) is 0 Å². The summed E-state index contributed by atoms with van der Waals surface area (Å²) in [7, 11) is 0. The zero-order valence-electron chi connectivity index (χ0n) is 15.9. The van der Waals surface area contributed by atoms with Crippen molar-refractivity contribution in [2.24, 2.45) is 0 Å². The summed E-state index contributed by atoms with van der Waals surface area (Å²) in [5.41, 5.74) is -0.257. The molecule has 1 atom stereocenters. The molecule has 1 aliphatic rings. The molecule has 0 saturated heterocycles. The lowest BCUT2D eigenvalue weighted by atomic mass is 9.94. The van der Waals surface area contributed by atoms with E-state index in [1.165, 1.54) is 36.4 Å². The highest BCUT2D eigenvalue weighted by atomic mass is 16.6. The number of aliphatic hydroxyl groups is 1. The van der Waals surface area contributed by atoms with Crippen LogP contribution in [0.4, 0.5) is 11.5 Å². The van der Waals surface area contributed by atoms with E-state index in [1.54, 1.807) is 19.9 Å². The molecule has 1 aliphatic heterocycles. The number of anilines is 1. The molecule has 1 amide bonds. The molecule has 10 nitrogen and oxygen atoms in total. The van der Waals surface area contributed by atoms with Crippen molar-refractivity contribution in [3.63, 3.8) is 0 Å². The number of aliphatic hydroxyl groups excluding tert-OH is 1. The van der Waals surface area contributed by atoms with Gasteiger partial charge in [-0.1, -0.05) is 17.3 Å². The molecule has 0 fully saturated rings. The third-order valence-electron chi connectivity index (χ3n) is 4.68. The number of nitrogens with zero attached hydrogens (tertiary/aromatic N) is 3. The van der Waals surface area contributed by atoms with Gasteiger partial charge in [0.05, 0.1) is 16.5 Å². The predicted octanol–water partition coefficient (Wildman–Crippen LogP) is 3.58. The summed E-state index contributed by atoms with van der Waals surface area (Å²) < 4.78 is 10.4. The molecule has 10 heteroatoms. The van der Waals surface area contributed by atoms with Crippen LogP contribution in [0.5, 0.6) is 0 Å². The van der Waals surface area contributed by atoms with E-state index in [0.717, 1.165) is 4.90 Å². The molecule has 0 saturated carbocycles. The number of nitro benzene ring substituents is 1. The third kappa shape index (κ3) is 3.04. The molecule has 0 bridgehead atoms. The number of ketones is 1. The second-order valence-corrected chi connectivity index (χ2v) is 6.73. The molecule has 152 valence electrons. The number of aryl methyl sites for hydroxylation is 2. The summed E-state index contributed by atoms with van der Waals surface area (Å²) in [6.07, 6.45) is 0. The molecule has 3 heterocycles. The van der Waals surface area contributed by atoms with Crippen molar-refractivity contribution in [2.45, 2.75) is 19.9 Å². The van der Waals surface area contributed by atoms with E-state index in [2.05, 4.69) is 5.16 Å². The molecular weight excluding hydrogens is 394 g/mol. The van der Waals surface area contributed by atoms with Crippen LogP contribution in [-0.4, -0.2) is 26.9 Å². The average Bonchev–Trinajstić information content (AvgIpc) is 3.40. The topological polar surface area (TPSA) is 140 Å². The van der Waals surface area contributed by atoms with E-state index in [0.29, 0.717) is 11.5 Å². The molecule has 0 aliphatic carbocycles. The first-order valence-corrected chi connectivity index (χ1v) is 8.83. The first kappa shape index (κ1) is 19.1. The van der Waals surface area contributed by atoms with E-state index in [4.69, 9.17) is 8.94 Å². The zero-order valence-corrected chi connectivity index (χ0v) is 15.9. The highest BCUT2D eigenvalue weighted by Gasteiger charge is 2.46. The Morgan fingerprint density at radius 2 is 1.97 bits per heavy atom. The predicted molar refractivity (Wildman–Crippen MR) is 102 cm³/mol. The number of aromatic nitrogens is 1. The average molecular weight is 409 g/mol. The monoisotopic (exact) mass is 409 g/mol. The molecule has 1 aromatic carbocycles. The molecule has 0 radical (unpaired) electrons. The molecule has 3 aromatic rings. The fourth-order valence-corrected chi connectivity index (χ4v) is 3.35. The lowest BCUT2D eigenvalue weighted by Gasteiger charge is -2.24. The van der Waals surface area contributed by atoms with Crippen molar-refractivity contribution in [3.8, 4) is 0 Å². The van der Waals surface area contributed by atoms with E-state index < -0.39 is 28.4 Å². The fourth-order valence-electron chi connectivity index (χ4n) is 3.35. The second kappa shape index (κ2) is 6.99. The number of nitro groups is 1. The number of hydrogen-bond donors (Lipinski definition) is 1. The molecule has 2 aromatic heterocycles. The minimum Gasteiger partial charge on any atom is -0.503 e. The van der Waals surface area contributed by atoms with Gasteiger partial charge in [-0.05, 0) is 31.5 Å². The van der Waals surface area contributed by atoms with Gasteiger partial charge in [0.1, 0.15) is 11.5 Å². The molecular formula is C20H15N3O7. The molecule has 1 unspecified atom stereocenters. The Bertz CT molecular complexity index is 1220. The Kier molecular flexibility index (Phi) is 4.46. The van der Waals surface area contributed by atoms with Gasteiger partial charge in [0.2, 0.25) is 5.78 Å². The fraction of sp³-hybridized carbons (Fsp3) is 0.150. The van der Waals surface area contributed by atoms with Crippen molar-refractivity contribution in [3.05, 3.63) is 86.8 Å². The van der Waals surface area contributed by atoms with Gasteiger partial charge in [-0.2, -0.15) is 0 Å². The summed E-state index contributed by atoms with van der Waals surface area (Å²) in [4.78, 5) is 37.7. The molecule has 1 N–H and O–H groups in total. The van der Waals surface area contributed by atoms with Crippen LogP contribution >= 0.6 is 0 Å². The summed E-state index contributed by atoms with van der Waals surface area (Å²) in [6, 6.07) is 8.75. The Morgan fingerprint density at radius 3 is 2.57 bits per heavy atom. The summed E-state index contributed by atoms with van der Waals surface area (Å²) in [6.45, 7) is 3.26. The van der Waals surface area contributed by atoms with Crippen LogP contribution in [0.2, 0.25) is 0 Å². The number of carbonyl (C=O) groups is 2. The molecule has 4 rings (SSSR count). The van der Waals surface area contributed by atoms with Crippen LogP contribution in [0.1, 0.15) is 33.7 Å². The van der Waals surface area contributed by atoms with Crippen LogP contribution < -0.4 is 4.90 Å². The van der Waals surface area contributed by atoms with E-state index in [1.807, 2.05) is 0 Å². The van der Waals surface area contributed by atoms with Crippen LogP contribution in [0.3, 0.4) is 0 Å². The quantitative estimate of drug-likeness (QED) is 0.383. The number of amides is 1. The number of carbonyl (C=O) groups excluding carboxylic acids is 2. The Hall–Kier alpha value is -4.21. The first-order chi connectivity index (χ1) is 14.3.